The minimum Gasteiger partial charge on any atom is -0.378 e. The van der Waals surface area contributed by atoms with Crippen LogP contribution >= 0.6 is 0 Å². The van der Waals surface area contributed by atoms with E-state index in [0.29, 0.717) is 31.7 Å². The van der Waals surface area contributed by atoms with Crippen LogP contribution in [-0.2, 0) is 0 Å². The summed E-state index contributed by atoms with van der Waals surface area (Å²) >= 11 is 0. The average molecular weight is 366 g/mol. The van der Waals surface area contributed by atoms with E-state index >= 15 is 0 Å². The first-order chi connectivity index (χ1) is 13.0. The second-order valence-electron chi connectivity index (χ2n) is 6.87. The van der Waals surface area contributed by atoms with E-state index in [0.717, 1.165) is 17.8 Å². The van der Waals surface area contributed by atoms with Crippen LogP contribution in [0.1, 0.15) is 16.8 Å². The molecule has 1 heterocycles. The Morgan fingerprint density at radius 2 is 1.59 bits per heavy atom. The van der Waals surface area contributed by atoms with Crippen LogP contribution in [0.4, 0.5) is 16.2 Å². The van der Waals surface area contributed by atoms with Gasteiger partial charge in [-0.3, -0.25) is 4.79 Å². The molecular weight excluding hydrogens is 340 g/mol. The molecular formula is C21H26N4O2. The monoisotopic (exact) mass is 366 g/mol. The summed E-state index contributed by atoms with van der Waals surface area (Å²) in [7, 11) is 3.91. The largest absolute Gasteiger partial charge is 0.378 e. The van der Waals surface area contributed by atoms with E-state index in [-0.39, 0.29) is 11.9 Å². The first kappa shape index (κ1) is 18.8. The van der Waals surface area contributed by atoms with E-state index < -0.39 is 0 Å². The quantitative estimate of drug-likeness (QED) is 0.908. The van der Waals surface area contributed by atoms with Crippen molar-refractivity contribution < 1.29 is 9.59 Å². The van der Waals surface area contributed by atoms with E-state index in [1.54, 1.807) is 4.90 Å². The Balaban J connectivity index is 1.61. The van der Waals surface area contributed by atoms with Crippen LogP contribution in [0.15, 0.2) is 54.6 Å². The zero-order chi connectivity index (χ0) is 19.2. The molecule has 1 aliphatic heterocycles. The van der Waals surface area contributed by atoms with Crippen molar-refractivity contribution >= 4 is 23.3 Å². The van der Waals surface area contributed by atoms with Crippen LogP contribution in [0.3, 0.4) is 0 Å². The van der Waals surface area contributed by atoms with Gasteiger partial charge in [0.1, 0.15) is 0 Å². The van der Waals surface area contributed by atoms with Gasteiger partial charge in [-0.05, 0) is 36.8 Å². The molecule has 2 aromatic carbocycles. The van der Waals surface area contributed by atoms with Crippen LogP contribution in [0, 0.1) is 0 Å². The maximum Gasteiger partial charge on any atom is 0.321 e. The minimum atomic E-state index is -0.120. The molecule has 1 fully saturated rings. The number of rotatable bonds is 3. The van der Waals surface area contributed by atoms with Gasteiger partial charge in [-0.2, -0.15) is 0 Å². The standard InChI is InChI=1S/C21H26N4O2/c1-23(2)19-11-6-8-17(16-19)20(26)24-12-7-13-25(15-14-24)21(27)22-18-9-4-3-5-10-18/h3-6,8-11,16H,7,12-15H2,1-2H3,(H,22,27). The highest BCUT2D eigenvalue weighted by Crippen LogP contribution is 2.16. The lowest BCUT2D eigenvalue weighted by Crippen LogP contribution is -2.39. The van der Waals surface area contributed by atoms with Crippen molar-refractivity contribution in [2.45, 2.75) is 6.42 Å². The van der Waals surface area contributed by atoms with Crippen molar-refractivity contribution in [3.63, 3.8) is 0 Å². The summed E-state index contributed by atoms with van der Waals surface area (Å²) in [5.41, 5.74) is 2.46. The number of amides is 3. The SMILES string of the molecule is CN(C)c1cccc(C(=O)N2CCCN(C(=O)Nc3ccccc3)CC2)c1. The Bertz CT molecular complexity index is 792. The van der Waals surface area contributed by atoms with Crippen LogP contribution in [0.2, 0.25) is 0 Å². The molecule has 0 saturated carbocycles. The molecule has 2 aromatic rings. The maximum absolute atomic E-state index is 12.9. The molecule has 1 saturated heterocycles. The molecule has 6 nitrogen and oxygen atoms in total. The lowest BCUT2D eigenvalue weighted by atomic mass is 10.1. The fourth-order valence-corrected chi connectivity index (χ4v) is 3.15. The third-order valence-corrected chi connectivity index (χ3v) is 4.70. The number of nitrogens with zero attached hydrogens (tertiary/aromatic N) is 3. The molecule has 0 atom stereocenters. The number of carbonyl (C=O) groups is 2. The molecule has 1 aliphatic rings. The highest BCUT2D eigenvalue weighted by molar-refractivity contribution is 5.95. The summed E-state index contributed by atoms with van der Waals surface area (Å²) in [5, 5.41) is 2.91. The number of hydrogen-bond acceptors (Lipinski definition) is 3. The summed E-state index contributed by atoms with van der Waals surface area (Å²) in [6.07, 6.45) is 0.765. The van der Waals surface area contributed by atoms with Gasteiger partial charge in [0.05, 0.1) is 0 Å². The van der Waals surface area contributed by atoms with Gasteiger partial charge in [-0.15, -0.1) is 0 Å². The number of anilines is 2. The van der Waals surface area contributed by atoms with Gasteiger partial charge in [0.25, 0.3) is 5.91 Å². The summed E-state index contributed by atoms with van der Waals surface area (Å²) in [6, 6.07) is 16.9. The lowest BCUT2D eigenvalue weighted by Gasteiger charge is -2.23. The Morgan fingerprint density at radius 1 is 0.889 bits per heavy atom. The summed E-state index contributed by atoms with van der Waals surface area (Å²) in [6.45, 7) is 2.35. The second-order valence-corrected chi connectivity index (χ2v) is 6.87. The van der Waals surface area contributed by atoms with Crippen LogP contribution in [-0.4, -0.2) is 62.0 Å². The summed E-state index contributed by atoms with van der Waals surface area (Å²) in [4.78, 5) is 31.0. The van der Waals surface area contributed by atoms with Gasteiger partial charge in [0, 0.05) is 57.2 Å². The Kier molecular flexibility index (Phi) is 5.96. The van der Waals surface area contributed by atoms with Crippen molar-refractivity contribution in [2.24, 2.45) is 0 Å². The van der Waals surface area contributed by atoms with E-state index in [1.807, 2.05) is 78.5 Å². The number of nitrogens with one attached hydrogen (secondary N) is 1. The topological polar surface area (TPSA) is 55.9 Å². The van der Waals surface area contributed by atoms with Crippen molar-refractivity contribution in [3.05, 3.63) is 60.2 Å². The number of hydrogen-bond donors (Lipinski definition) is 1. The summed E-state index contributed by atoms with van der Waals surface area (Å²) < 4.78 is 0. The van der Waals surface area contributed by atoms with E-state index in [2.05, 4.69) is 5.32 Å². The van der Waals surface area contributed by atoms with Crippen molar-refractivity contribution in [1.82, 2.24) is 9.80 Å². The number of para-hydroxylation sites is 1. The van der Waals surface area contributed by atoms with Gasteiger partial charge in [0.2, 0.25) is 0 Å². The van der Waals surface area contributed by atoms with Gasteiger partial charge in [-0.1, -0.05) is 24.3 Å². The van der Waals surface area contributed by atoms with Gasteiger partial charge < -0.3 is 20.0 Å². The molecule has 0 spiro atoms. The van der Waals surface area contributed by atoms with Gasteiger partial charge in [-0.25, -0.2) is 4.79 Å². The van der Waals surface area contributed by atoms with E-state index in [4.69, 9.17) is 0 Å². The van der Waals surface area contributed by atoms with Crippen LogP contribution in [0.5, 0.6) is 0 Å². The molecule has 0 bridgehead atoms. The van der Waals surface area contributed by atoms with E-state index in [1.165, 1.54) is 0 Å². The predicted octanol–water partition coefficient (Wildman–Crippen LogP) is 3.13. The fraction of sp³-hybridized carbons (Fsp3) is 0.333. The molecule has 1 N–H and O–H groups in total. The summed E-state index contributed by atoms with van der Waals surface area (Å²) in [5.74, 6) is 0.0176. The lowest BCUT2D eigenvalue weighted by molar-refractivity contribution is 0.0762. The van der Waals surface area contributed by atoms with Crippen molar-refractivity contribution in [1.29, 1.82) is 0 Å². The smallest absolute Gasteiger partial charge is 0.321 e. The molecule has 6 heteroatoms. The molecule has 3 amide bonds. The minimum absolute atomic E-state index is 0.0176. The third-order valence-electron chi connectivity index (χ3n) is 4.70. The Morgan fingerprint density at radius 3 is 2.33 bits per heavy atom. The first-order valence-corrected chi connectivity index (χ1v) is 9.22. The Hall–Kier alpha value is -3.02. The third kappa shape index (κ3) is 4.78. The van der Waals surface area contributed by atoms with Crippen molar-refractivity contribution in [3.8, 4) is 0 Å². The number of carbonyl (C=O) groups excluding carboxylic acids is 2. The molecule has 3 rings (SSSR count). The second kappa shape index (κ2) is 8.58. The van der Waals surface area contributed by atoms with Crippen molar-refractivity contribution in [2.75, 3.05) is 50.5 Å². The van der Waals surface area contributed by atoms with Gasteiger partial charge >= 0.3 is 6.03 Å². The molecule has 0 aromatic heterocycles. The maximum atomic E-state index is 12.9. The molecule has 0 aliphatic carbocycles. The van der Waals surface area contributed by atoms with Crippen LogP contribution in [0.25, 0.3) is 0 Å². The molecule has 0 radical (unpaired) electrons. The molecule has 0 unspecified atom stereocenters. The molecule has 142 valence electrons. The fourth-order valence-electron chi connectivity index (χ4n) is 3.15. The Labute approximate surface area is 160 Å². The van der Waals surface area contributed by atoms with E-state index in [9.17, 15) is 9.59 Å². The highest BCUT2D eigenvalue weighted by atomic mass is 16.2. The normalized spacial score (nSPS) is 14.4. The number of benzene rings is 2. The first-order valence-electron chi connectivity index (χ1n) is 9.22. The zero-order valence-corrected chi connectivity index (χ0v) is 15.9. The predicted molar refractivity (Wildman–Crippen MR) is 108 cm³/mol. The number of urea groups is 1. The van der Waals surface area contributed by atoms with Crippen LogP contribution < -0.4 is 10.2 Å². The van der Waals surface area contributed by atoms with Gasteiger partial charge in [0.15, 0.2) is 0 Å². The molecule has 27 heavy (non-hydrogen) atoms. The highest BCUT2D eigenvalue weighted by Gasteiger charge is 2.23. The average Bonchev–Trinajstić information content (AvgIpc) is 2.94. The zero-order valence-electron chi connectivity index (χ0n) is 15.9.